The lowest BCUT2D eigenvalue weighted by Crippen LogP contribution is -2.46. The van der Waals surface area contributed by atoms with Crippen LogP contribution in [0, 0.1) is 0 Å². The van der Waals surface area contributed by atoms with Crippen molar-refractivity contribution < 1.29 is 18.0 Å². The molecule has 0 unspecified atom stereocenters. The molecule has 1 aromatic rings. The number of hydrogen-bond donors (Lipinski definition) is 2. The van der Waals surface area contributed by atoms with Crippen LogP contribution in [0.3, 0.4) is 0 Å². The van der Waals surface area contributed by atoms with Crippen molar-refractivity contribution in [2.45, 2.75) is 38.0 Å². The molecule has 1 heterocycles. The van der Waals surface area contributed by atoms with Crippen LogP contribution in [0.15, 0.2) is 24.3 Å². The smallest absolute Gasteiger partial charge is 0.351 e. The van der Waals surface area contributed by atoms with E-state index in [1.54, 1.807) is 0 Å². The highest BCUT2D eigenvalue weighted by molar-refractivity contribution is 5.81. The first-order chi connectivity index (χ1) is 9.47. The molecule has 2 N–H and O–H groups in total. The lowest BCUT2D eigenvalue weighted by molar-refractivity contribution is -0.137. The van der Waals surface area contributed by atoms with Gasteiger partial charge in [0.25, 0.3) is 0 Å². The molecule has 1 atom stereocenters. The van der Waals surface area contributed by atoms with E-state index in [2.05, 4.69) is 10.6 Å². The zero-order chi connectivity index (χ0) is 14.6. The van der Waals surface area contributed by atoms with Crippen molar-refractivity contribution in [2.24, 2.45) is 0 Å². The number of benzene rings is 1. The van der Waals surface area contributed by atoms with Gasteiger partial charge in [-0.3, -0.25) is 4.79 Å². The van der Waals surface area contributed by atoms with Crippen molar-refractivity contribution in [1.29, 1.82) is 0 Å². The highest BCUT2D eigenvalue weighted by atomic mass is 19.4. The van der Waals surface area contributed by atoms with Crippen LogP contribution in [0.4, 0.5) is 13.2 Å². The predicted octanol–water partition coefficient (Wildman–Crippen LogP) is 2.46. The standard InChI is InChI=1S/C14H17F3N2O/c15-14(16,17)11-6-4-10(5-7-11)9-19-13(20)12-3-1-2-8-18-12/h4-7,12,18H,1-3,8-9H2,(H,19,20)/t12-/m1/s1. The van der Waals surface area contributed by atoms with E-state index in [1.807, 2.05) is 0 Å². The van der Waals surface area contributed by atoms with E-state index < -0.39 is 11.7 Å². The summed E-state index contributed by atoms with van der Waals surface area (Å²) in [7, 11) is 0. The molecule has 110 valence electrons. The largest absolute Gasteiger partial charge is 0.416 e. The van der Waals surface area contributed by atoms with Gasteiger partial charge >= 0.3 is 6.18 Å². The van der Waals surface area contributed by atoms with E-state index in [4.69, 9.17) is 0 Å². The molecule has 0 bridgehead atoms. The molecule has 1 aliphatic rings. The third-order valence-electron chi connectivity index (χ3n) is 3.37. The Balaban J connectivity index is 1.86. The van der Waals surface area contributed by atoms with Crippen LogP contribution in [0.2, 0.25) is 0 Å². The second-order valence-electron chi connectivity index (χ2n) is 4.91. The second-order valence-corrected chi connectivity index (χ2v) is 4.91. The van der Waals surface area contributed by atoms with Crippen molar-refractivity contribution in [1.82, 2.24) is 10.6 Å². The minimum Gasteiger partial charge on any atom is -0.351 e. The van der Waals surface area contributed by atoms with Gasteiger partial charge in [-0.05, 0) is 37.1 Å². The summed E-state index contributed by atoms with van der Waals surface area (Å²) in [5.41, 5.74) is -0.0244. The maximum Gasteiger partial charge on any atom is 0.416 e. The Morgan fingerprint density at radius 1 is 1.25 bits per heavy atom. The lowest BCUT2D eigenvalue weighted by atomic mass is 10.0. The molecule has 1 aliphatic heterocycles. The lowest BCUT2D eigenvalue weighted by Gasteiger charge is -2.22. The molecule has 0 spiro atoms. The topological polar surface area (TPSA) is 41.1 Å². The Morgan fingerprint density at radius 2 is 1.95 bits per heavy atom. The van der Waals surface area contributed by atoms with Crippen LogP contribution in [-0.2, 0) is 17.5 Å². The van der Waals surface area contributed by atoms with Crippen LogP contribution in [0.5, 0.6) is 0 Å². The summed E-state index contributed by atoms with van der Waals surface area (Å²) in [6.45, 7) is 1.08. The summed E-state index contributed by atoms with van der Waals surface area (Å²) in [4.78, 5) is 11.8. The first kappa shape index (κ1) is 14.8. The number of nitrogens with one attached hydrogen (secondary N) is 2. The number of carbonyl (C=O) groups excluding carboxylic acids is 1. The summed E-state index contributed by atoms with van der Waals surface area (Å²) in [6.07, 6.45) is -1.43. The maximum absolute atomic E-state index is 12.4. The fourth-order valence-electron chi connectivity index (χ4n) is 2.20. The van der Waals surface area contributed by atoms with Crippen molar-refractivity contribution in [3.05, 3.63) is 35.4 Å². The number of piperidine rings is 1. The Labute approximate surface area is 115 Å². The highest BCUT2D eigenvalue weighted by Crippen LogP contribution is 2.29. The molecule has 0 aliphatic carbocycles. The Hall–Kier alpha value is -1.56. The van der Waals surface area contributed by atoms with Crippen LogP contribution >= 0.6 is 0 Å². The van der Waals surface area contributed by atoms with Crippen LogP contribution < -0.4 is 10.6 Å². The highest BCUT2D eigenvalue weighted by Gasteiger charge is 2.29. The molecular formula is C14H17F3N2O. The molecule has 2 rings (SSSR count). The molecule has 1 aromatic carbocycles. The average molecular weight is 286 g/mol. The first-order valence-corrected chi connectivity index (χ1v) is 6.64. The predicted molar refractivity (Wildman–Crippen MR) is 68.9 cm³/mol. The number of amides is 1. The molecule has 3 nitrogen and oxygen atoms in total. The maximum atomic E-state index is 12.4. The number of halogens is 3. The van der Waals surface area contributed by atoms with Crippen molar-refractivity contribution in [3.8, 4) is 0 Å². The van der Waals surface area contributed by atoms with Gasteiger partial charge in [0.1, 0.15) is 0 Å². The van der Waals surface area contributed by atoms with Crippen molar-refractivity contribution in [2.75, 3.05) is 6.54 Å². The minimum absolute atomic E-state index is 0.0930. The summed E-state index contributed by atoms with van der Waals surface area (Å²) in [5.74, 6) is -0.0930. The first-order valence-electron chi connectivity index (χ1n) is 6.64. The van der Waals surface area contributed by atoms with Gasteiger partial charge < -0.3 is 10.6 Å². The quantitative estimate of drug-likeness (QED) is 0.896. The molecule has 0 saturated carbocycles. The van der Waals surface area contributed by atoms with Crippen LogP contribution in [0.25, 0.3) is 0 Å². The van der Waals surface area contributed by atoms with E-state index in [-0.39, 0.29) is 18.5 Å². The number of hydrogen-bond acceptors (Lipinski definition) is 2. The van der Waals surface area contributed by atoms with Crippen LogP contribution in [0.1, 0.15) is 30.4 Å². The van der Waals surface area contributed by atoms with Gasteiger partial charge in [-0.15, -0.1) is 0 Å². The van der Waals surface area contributed by atoms with E-state index in [1.165, 1.54) is 12.1 Å². The number of carbonyl (C=O) groups is 1. The Kier molecular flexibility index (Phi) is 4.65. The molecule has 1 saturated heterocycles. The van der Waals surface area contributed by atoms with E-state index in [0.717, 1.165) is 37.9 Å². The van der Waals surface area contributed by atoms with E-state index in [0.29, 0.717) is 5.56 Å². The number of alkyl halides is 3. The van der Waals surface area contributed by atoms with Gasteiger partial charge in [0, 0.05) is 6.54 Å². The normalized spacial score (nSPS) is 19.6. The summed E-state index contributed by atoms with van der Waals surface area (Å²) < 4.78 is 37.2. The third kappa shape index (κ3) is 3.96. The van der Waals surface area contributed by atoms with E-state index >= 15 is 0 Å². The van der Waals surface area contributed by atoms with Gasteiger partial charge in [0.15, 0.2) is 0 Å². The van der Waals surface area contributed by atoms with Crippen molar-refractivity contribution in [3.63, 3.8) is 0 Å². The molecule has 20 heavy (non-hydrogen) atoms. The van der Waals surface area contributed by atoms with Gasteiger partial charge in [-0.1, -0.05) is 18.6 Å². The van der Waals surface area contributed by atoms with Crippen molar-refractivity contribution >= 4 is 5.91 Å². The Morgan fingerprint density at radius 3 is 2.50 bits per heavy atom. The van der Waals surface area contributed by atoms with Gasteiger partial charge in [-0.25, -0.2) is 0 Å². The van der Waals surface area contributed by atoms with Gasteiger partial charge in [-0.2, -0.15) is 13.2 Å². The molecule has 1 amide bonds. The Bertz CT molecular complexity index is 450. The SMILES string of the molecule is O=C(NCc1ccc(C(F)(F)F)cc1)[C@H]1CCCCN1. The molecule has 0 radical (unpaired) electrons. The molecular weight excluding hydrogens is 269 g/mol. The molecule has 1 fully saturated rings. The fraction of sp³-hybridized carbons (Fsp3) is 0.500. The summed E-state index contributed by atoms with van der Waals surface area (Å²) in [5, 5.41) is 5.87. The van der Waals surface area contributed by atoms with Gasteiger partial charge in [0.2, 0.25) is 5.91 Å². The average Bonchev–Trinajstić information content (AvgIpc) is 2.45. The van der Waals surface area contributed by atoms with Crippen LogP contribution in [-0.4, -0.2) is 18.5 Å². The number of rotatable bonds is 3. The van der Waals surface area contributed by atoms with Gasteiger partial charge in [0.05, 0.1) is 11.6 Å². The molecule has 0 aromatic heterocycles. The fourth-order valence-corrected chi connectivity index (χ4v) is 2.20. The summed E-state index contributed by atoms with van der Waals surface area (Å²) in [6, 6.07) is 4.65. The second kappa shape index (κ2) is 6.26. The molecule has 6 heteroatoms. The van der Waals surface area contributed by atoms with E-state index in [9.17, 15) is 18.0 Å². The zero-order valence-electron chi connectivity index (χ0n) is 11.0. The summed E-state index contributed by atoms with van der Waals surface area (Å²) >= 11 is 0. The monoisotopic (exact) mass is 286 g/mol. The zero-order valence-corrected chi connectivity index (χ0v) is 11.0. The third-order valence-corrected chi connectivity index (χ3v) is 3.37. The minimum atomic E-state index is -4.33.